The number of fused-ring (bicyclic) bond motifs is 1. The number of nitrogens with two attached hydrogens (primary N) is 1. The van der Waals surface area contributed by atoms with Crippen molar-refractivity contribution in [2.75, 3.05) is 19.4 Å². The Kier molecular flexibility index (Phi) is 5.43. The zero-order chi connectivity index (χ0) is 22.9. The summed E-state index contributed by atoms with van der Waals surface area (Å²) >= 11 is 0. The topological polar surface area (TPSA) is 102 Å². The highest BCUT2D eigenvalue weighted by atomic mass is 16.5. The van der Waals surface area contributed by atoms with Crippen LogP contribution >= 0.6 is 0 Å². The molecule has 0 saturated carbocycles. The van der Waals surface area contributed by atoms with Gasteiger partial charge in [-0.1, -0.05) is 0 Å². The number of aromatic nitrogens is 4. The normalized spacial score (nSPS) is 13.6. The molecule has 33 heavy (non-hydrogen) atoms. The van der Waals surface area contributed by atoms with E-state index in [-0.39, 0.29) is 5.56 Å². The number of aromatic amines is 1. The molecule has 0 spiro atoms. The molecular weight excluding hydrogens is 416 g/mol. The summed E-state index contributed by atoms with van der Waals surface area (Å²) in [5.41, 5.74) is 12.0. The first kappa shape index (κ1) is 21.0. The molecular formula is C25H26N6O2. The summed E-state index contributed by atoms with van der Waals surface area (Å²) in [5.74, 6) is 1.40. The van der Waals surface area contributed by atoms with E-state index in [1.54, 1.807) is 7.11 Å². The molecule has 0 amide bonds. The third kappa shape index (κ3) is 4.12. The van der Waals surface area contributed by atoms with Crippen molar-refractivity contribution in [2.24, 2.45) is 0 Å². The first-order chi connectivity index (χ1) is 16.0. The molecule has 0 aliphatic carbocycles. The quantitative estimate of drug-likeness (QED) is 0.461. The Labute approximate surface area is 191 Å². The van der Waals surface area contributed by atoms with Gasteiger partial charge in [0.25, 0.3) is 5.56 Å². The number of H-pyrrole nitrogens is 1. The van der Waals surface area contributed by atoms with Gasteiger partial charge >= 0.3 is 0 Å². The van der Waals surface area contributed by atoms with E-state index in [4.69, 9.17) is 15.5 Å². The predicted molar refractivity (Wildman–Crippen MR) is 127 cm³/mol. The number of anilines is 1. The van der Waals surface area contributed by atoms with Crippen LogP contribution in [0.15, 0.2) is 59.5 Å². The molecule has 8 heteroatoms. The molecule has 2 aromatic heterocycles. The van der Waals surface area contributed by atoms with Gasteiger partial charge in [-0.2, -0.15) is 5.10 Å². The third-order valence-electron chi connectivity index (χ3n) is 6.15. The molecule has 3 N–H and O–H groups in total. The fraction of sp³-hybridized carbons (Fsp3) is 0.240. The van der Waals surface area contributed by atoms with Gasteiger partial charge in [-0.3, -0.25) is 9.69 Å². The first-order valence-electron chi connectivity index (χ1n) is 10.9. The van der Waals surface area contributed by atoms with Gasteiger partial charge in [0.1, 0.15) is 11.6 Å². The van der Waals surface area contributed by atoms with Crippen LogP contribution < -0.4 is 16.0 Å². The number of hydrogen-bond acceptors (Lipinski definition) is 6. The van der Waals surface area contributed by atoms with Gasteiger partial charge in [0.05, 0.1) is 30.3 Å². The zero-order valence-electron chi connectivity index (χ0n) is 18.7. The van der Waals surface area contributed by atoms with Crippen LogP contribution in [0.1, 0.15) is 22.5 Å². The van der Waals surface area contributed by atoms with E-state index >= 15 is 0 Å². The third-order valence-corrected chi connectivity index (χ3v) is 6.15. The monoisotopic (exact) mass is 442 g/mol. The number of hydrogen-bond donors (Lipinski definition) is 2. The summed E-state index contributed by atoms with van der Waals surface area (Å²) in [5, 5.41) is 4.58. The minimum Gasteiger partial charge on any atom is -0.497 e. The molecule has 0 saturated heterocycles. The SMILES string of the molecule is COc1ccc(-n2ncc(CN3CCc4nc(-c5ccc(N)cc5)[nH]c(=O)c4C3)c2C)cc1. The zero-order valence-corrected chi connectivity index (χ0v) is 18.7. The number of nitrogen functional groups attached to an aromatic ring is 1. The number of nitrogens with one attached hydrogen (secondary N) is 1. The van der Waals surface area contributed by atoms with Crippen LogP contribution in [0, 0.1) is 6.92 Å². The Balaban J connectivity index is 1.34. The molecule has 8 nitrogen and oxygen atoms in total. The Morgan fingerprint density at radius 3 is 2.61 bits per heavy atom. The lowest BCUT2D eigenvalue weighted by Gasteiger charge is -2.27. The molecule has 0 unspecified atom stereocenters. The van der Waals surface area contributed by atoms with E-state index in [1.807, 2.05) is 59.4 Å². The van der Waals surface area contributed by atoms with Crippen molar-refractivity contribution < 1.29 is 4.74 Å². The van der Waals surface area contributed by atoms with Crippen molar-refractivity contribution >= 4 is 5.69 Å². The van der Waals surface area contributed by atoms with E-state index in [2.05, 4.69) is 21.9 Å². The van der Waals surface area contributed by atoms with Crippen molar-refractivity contribution in [2.45, 2.75) is 26.4 Å². The maximum atomic E-state index is 12.9. The largest absolute Gasteiger partial charge is 0.497 e. The maximum Gasteiger partial charge on any atom is 0.255 e. The van der Waals surface area contributed by atoms with Crippen LogP contribution in [0.4, 0.5) is 5.69 Å². The van der Waals surface area contributed by atoms with E-state index in [0.717, 1.165) is 59.0 Å². The summed E-state index contributed by atoms with van der Waals surface area (Å²) in [6.45, 7) is 4.18. The van der Waals surface area contributed by atoms with Gasteiger partial charge in [0.15, 0.2) is 0 Å². The predicted octanol–water partition coefficient (Wildman–Crippen LogP) is 3.08. The molecule has 4 aromatic rings. The lowest BCUT2D eigenvalue weighted by molar-refractivity contribution is 0.241. The maximum absolute atomic E-state index is 12.9. The van der Waals surface area contributed by atoms with Gasteiger partial charge in [-0.25, -0.2) is 9.67 Å². The van der Waals surface area contributed by atoms with Crippen LogP contribution in [0.5, 0.6) is 5.75 Å². The van der Waals surface area contributed by atoms with Crippen molar-refractivity contribution in [3.8, 4) is 22.8 Å². The molecule has 1 aliphatic rings. The van der Waals surface area contributed by atoms with Gasteiger partial charge in [0, 0.05) is 48.6 Å². The summed E-state index contributed by atoms with van der Waals surface area (Å²) in [4.78, 5) is 22.8. The lowest BCUT2D eigenvalue weighted by Crippen LogP contribution is -2.35. The molecule has 2 aromatic carbocycles. The summed E-state index contributed by atoms with van der Waals surface area (Å²) in [6, 6.07) is 15.2. The van der Waals surface area contributed by atoms with Crippen LogP contribution in [0.25, 0.3) is 17.1 Å². The first-order valence-corrected chi connectivity index (χ1v) is 10.9. The van der Waals surface area contributed by atoms with Gasteiger partial charge in [-0.15, -0.1) is 0 Å². The molecule has 1 aliphatic heterocycles. The van der Waals surface area contributed by atoms with E-state index < -0.39 is 0 Å². The molecule has 0 bridgehead atoms. The minimum atomic E-state index is -0.0813. The van der Waals surface area contributed by atoms with Crippen LogP contribution in [-0.2, 0) is 19.5 Å². The summed E-state index contributed by atoms with van der Waals surface area (Å²) in [6.07, 6.45) is 2.63. The van der Waals surface area contributed by atoms with Gasteiger partial charge in [0.2, 0.25) is 0 Å². The van der Waals surface area contributed by atoms with Gasteiger partial charge < -0.3 is 15.5 Å². The van der Waals surface area contributed by atoms with Crippen LogP contribution in [0.3, 0.4) is 0 Å². The molecule has 0 fully saturated rings. The second kappa shape index (κ2) is 8.55. The van der Waals surface area contributed by atoms with Gasteiger partial charge in [-0.05, 0) is 55.5 Å². The number of benzene rings is 2. The van der Waals surface area contributed by atoms with E-state index in [1.165, 1.54) is 0 Å². The Morgan fingerprint density at radius 2 is 1.88 bits per heavy atom. The highest BCUT2D eigenvalue weighted by molar-refractivity contribution is 5.58. The number of methoxy groups -OCH3 is 1. The molecule has 5 rings (SSSR count). The van der Waals surface area contributed by atoms with Crippen molar-refractivity contribution in [3.63, 3.8) is 0 Å². The molecule has 168 valence electrons. The highest BCUT2D eigenvalue weighted by Crippen LogP contribution is 2.23. The Morgan fingerprint density at radius 1 is 1.12 bits per heavy atom. The average molecular weight is 443 g/mol. The second-order valence-electron chi connectivity index (χ2n) is 8.29. The van der Waals surface area contributed by atoms with Crippen LogP contribution in [-0.4, -0.2) is 38.3 Å². The number of rotatable bonds is 5. The summed E-state index contributed by atoms with van der Waals surface area (Å²) in [7, 11) is 1.66. The fourth-order valence-electron chi connectivity index (χ4n) is 4.22. The number of nitrogens with zero attached hydrogens (tertiary/aromatic N) is 4. The lowest BCUT2D eigenvalue weighted by atomic mass is 10.1. The smallest absolute Gasteiger partial charge is 0.255 e. The molecule has 0 atom stereocenters. The van der Waals surface area contributed by atoms with E-state index in [9.17, 15) is 4.79 Å². The molecule has 3 heterocycles. The second-order valence-corrected chi connectivity index (χ2v) is 8.29. The van der Waals surface area contributed by atoms with Crippen molar-refractivity contribution in [1.29, 1.82) is 0 Å². The minimum absolute atomic E-state index is 0.0813. The highest BCUT2D eigenvalue weighted by Gasteiger charge is 2.23. The fourth-order valence-corrected chi connectivity index (χ4v) is 4.22. The Bertz CT molecular complexity index is 1340. The molecule has 0 radical (unpaired) electrons. The standard InChI is InChI=1S/C25H26N6O2/c1-16-18(13-27-31(16)20-7-9-21(33-2)10-8-20)14-30-12-11-23-22(15-30)25(32)29-24(28-23)17-3-5-19(26)6-4-17/h3-10,13H,11-12,14-15,26H2,1-2H3,(H,28,29,32). The van der Waals surface area contributed by atoms with E-state index in [0.29, 0.717) is 18.1 Å². The Hall–Kier alpha value is -3.91. The summed E-state index contributed by atoms with van der Waals surface area (Å²) < 4.78 is 7.17. The average Bonchev–Trinajstić information content (AvgIpc) is 3.19. The van der Waals surface area contributed by atoms with Crippen LogP contribution in [0.2, 0.25) is 0 Å². The van der Waals surface area contributed by atoms with Crippen molar-refractivity contribution in [1.82, 2.24) is 24.6 Å². The number of ether oxygens (including phenoxy) is 1. The van der Waals surface area contributed by atoms with Crippen molar-refractivity contribution in [3.05, 3.63) is 87.6 Å².